The maximum absolute atomic E-state index is 9.79. The number of aliphatic hydroxyl groups excluding tert-OH is 1. The van der Waals surface area contributed by atoms with E-state index in [1.165, 1.54) is 19.3 Å². The van der Waals surface area contributed by atoms with Gasteiger partial charge in [-0.05, 0) is 56.3 Å². The van der Waals surface area contributed by atoms with E-state index in [0.29, 0.717) is 5.92 Å². The van der Waals surface area contributed by atoms with Crippen molar-refractivity contribution >= 4 is 0 Å². The van der Waals surface area contributed by atoms with Crippen molar-refractivity contribution in [2.75, 3.05) is 0 Å². The lowest BCUT2D eigenvalue weighted by atomic mass is 9.82. The lowest BCUT2D eigenvalue weighted by molar-refractivity contribution is 0.0948. The van der Waals surface area contributed by atoms with Crippen LogP contribution >= 0.6 is 0 Å². The van der Waals surface area contributed by atoms with E-state index >= 15 is 0 Å². The summed E-state index contributed by atoms with van der Waals surface area (Å²) >= 11 is 0. The summed E-state index contributed by atoms with van der Waals surface area (Å²) in [6.07, 6.45) is 7.30. The molecule has 86 valence electrons. The molecule has 0 saturated heterocycles. The third kappa shape index (κ3) is 2.13. The zero-order chi connectivity index (χ0) is 11.0. The molecule has 0 spiro atoms. The molecule has 2 aliphatic rings. The first-order valence-electron chi connectivity index (χ1n) is 6.48. The van der Waals surface area contributed by atoms with Crippen molar-refractivity contribution in [1.82, 2.24) is 0 Å². The molecule has 0 heterocycles. The smallest absolute Gasteiger partial charge is 0.0563 e. The minimum absolute atomic E-state index is 0.0887. The van der Waals surface area contributed by atoms with Gasteiger partial charge in [-0.1, -0.05) is 25.5 Å². The normalized spacial score (nSPS) is 37.9. The first kappa shape index (κ1) is 11.2. The topological polar surface area (TPSA) is 20.2 Å². The number of hydrogen-bond acceptors (Lipinski definition) is 1. The molecule has 0 aliphatic heterocycles. The average molecular weight is 208 g/mol. The number of fused-ring (bicyclic) bond motifs is 2. The van der Waals surface area contributed by atoms with E-state index in [2.05, 4.69) is 26.8 Å². The first-order chi connectivity index (χ1) is 7.11. The van der Waals surface area contributed by atoms with Crippen molar-refractivity contribution in [3.8, 4) is 0 Å². The van der Waals surface area contributed by atoms with E-state index in [4.69, 9.17) is 0 Å². The van der Waals surface area contributed by atoms with Crippen LogP contribution in [0.5, 0.6) is 0 Å². The molecule has 0 radical (unpaired) electrons. The molecule has 0 aromatic rings. The summed E-state index contributed by atoms with van der Waals surface area (Å²) < 4.78 is 0. The summed E-state index contributed by atoms with van der Waals surface area (Å²) in [6, 6.07) is 0. The molecule has 1 heteroatoms. The number of rotatable bonds is 4. The van der Waals surface area contributed by atoms with Gasteiger partial charge in [0, 0.05) is 0 Å². The highest BCUT2D eigenvalue weighted by molar-refractivity contribution is 5.19. The highest BCUT2D eigenvalue weighted by Gasteiger charge is 2.39. The van der Waals surface area contributed by atoms with Crippen LogP contribution in [0.15, 0.2) is 11.6 Å². The minimum Gasteiger partial charge on any atom is -0.393 e. The molecule has 2 aliphatic carbocycles. The quantitative estimate of drug-likeness (QED) is 0.702. The van der Waals surface area contributed by atoms with Crippen LogP contribution in [0.1, 0.15) is 46.5 Å². The predicted molar refractivity (Wildman–Crippen MR) is 63.5 cm³/mol. The Hall–Kier alpha value is -0.300. The Labute approximate surface area is 93.6 Å². The van der Waals surface area contributed by atoms with Gasteiger partial charge in [0.05, 0.1) is 6.10 Å². The maximum atomic E-state index is 9.79. The summed E-state index contributed by atoms with van der Waals surface area (Å²) in [7, 11) is 0. The van der Waals surface area contributed by atoms with Crippen LogP contribution in [-0.4, -0.2) is 11.2 Å². The van der Waals surface area contributed by atoms with E-state index in [1.54, 1.807) is 5.57 Å². The van der Waals surface area contributed by atoms with Crippen LogP contribution < -0.4 is 0 Å². The molecule has 15 heavy (non-hydrogen) atoms. The van der Waals surface area contributed by atoms with Gasteiger partial charge in [-0.3, -0.25) is 0 Å². The van der Waals surface area contributed by atoms with E-state index in [-0.39, 0.29) is 6.10 Å². The van der Waals surface area contributed by atoms with Crippen LogP contribution in [0.25, 0.3) is 0 Å². The van der Waals surface area contributed by atoms with Crippen LogP contribution in [0.4, 0.5) is 0 Å². The minimum atomic E-state index is -0.0887. The van der Waals surface area contributed by atoms with Crippen molar-refractivity contribution < 1.29 is 5.11 Å². The van der Waals surface area contributed by atoms with Crippen LogP contribution in [0, 0.1) is 23.7 Å². The van der Waals surface area contributed by atoms with Gasteiger partial charge in [0.25, 0.3) is 0 Å². The van der Waals surface area contributed by atoms with Gasteiger partial charge >= 0.3 is 0 Å². The first-order valence-corrected chi connectivity index (χ1v) is 6.48. The van der Waals surface area contributed by atoms with Gasteiger partial charge in [-0.15, -0.1) is 0 Å². The number of hydrogen-bond donors (Lipinski definition) is 1. The Morgan fingerprint density at radius 1 is 1.47 bits per heavy atom. The lowest BCUT2D eigenvalue weighted by Crippen LogP contribution is -2.21. The molecule has 1 fully saturated rings. The number of allylic oxidation sites excluding steroid dienone is 2. The monoisotopic (exact) mass is 208 g/mol. The van der Waals surface area contributed by atoms with Crippen LogP contribution in [0.2, 0.25) is 0 Å². The predicted octanol–water partition coefficient (Wildman–Crippen LogP) is 3.39. The van der Waals surface area contributed by atoms with Crippen LogP contribution in [-0.2, 0) is 0 Å². The Balaban J connectivity index is 1.88. The second-order valence-electron chi connectivity index (χ2n) is 5.69. The van der Waals surface area contributed by atoms with E-state index in [1.807, 2.05) is 0 Å². The zero-order valence-corrected chi connectivity index (χ0v) is 10.2. The molecular weight excluding hydrogens is 184 g/mol. The fourth-order valence-electron chi connectivity index (χ4n) is 3.52. The molecule has 1 saturated carbocycles. The van der Waals surface area contributed by atoms with Crippen LogP contribution in [0.3, 0.4) is 0 Å². The van der Waals surface area contributed by atoms with Crippen molar-refractivity contribution in [1.29, 1.82) is 0 Å². The van der Waals surface area contributed by atoms with Crippen molar-refractivity contribution in [2.24, 2.45) is 23.7 Å². The van der Waals surface area contributed by atoms with Gasteiger partial charge in [0.2, 0.25) is 0 Å². The third-order valence-corrected chi connectivity index (χ3v) is 4.62. The number of aliphatic hydroxyl groups is 1. The Kier molecular flexibility index (Phi) is 3.20. The molecule has 0 aromatic carbocycles. The van der Waals surface area contributed by atoms with Gasteiger partial charge < -0.3 is 5.11 Å². The molecule has 2 unspecified atom stereocenters. The van der Waals surface area contributed by atoms with E-state index in [9.17, 15) is 5.11 Å². The van der Waals surface area contributed by atoms with Crippen molar-refractivity contribution in [3.05, 3.63) is 11.6 Å². The Morgan fingerprint density at radius 3 is 2.67 bits per heavy atom. The SMILES string of the molecule is CCC(O)C(C)C[C@@H]1C[C@@H]2C[C@H]1C=C2C. The summed E-state index contributed by atoms with van der Waals surface area (Å²) in [6.45, 7) is 6.56. The van der Waals surface area contributed by atoms with Gasteiger partial charge in [0.1, 0.15) is 0 Å². The molecule has 2 bridgehead atoms. The molecule has 0 aromatic heterocycles. The van der Waals surface area contributed by atoms with E-state index < -0.39 is 0 Å². The molecule has 0 amide bonds. The molecule has 1 N–H and O–H groups in total. The average Bonchev–Trinajstić information content (AvgIpc) is 2.75. The largest absolute Gasteiger partial charge is 0.393 e. The van der Waals surface area contributed by atoms with Gasteiger partial charge in [0.15, 0.2) is 0 Å². The fourth-order valence-corrected chi connectivity index (χ4v) is 3.52. The van der Waals surface area contributed by atoms with E-state index in [0.717, 1.165) is 24.2 Å². The standard InChI is InChI=1S/C14H24O/c1-4-14(15)10(3)6-13-8-11-7-12(13)5-9(11)2/h5,10-15H,4,6-8H2,1-3H3/t10?,11-,12+,13+,14?/m0/s1. The molecular formula is C14H24O. The Morgan fingerprint density at radius 2 is 2.20 bits per heavy atom. The van der Waals surface area contributed by atoms with Crippen molar-refractivity contribution in [3.63, 3.8) is 0 Å². The lowest BCUT2D eigenvalue weighted by Gasteiger charge is -2.25. The summed E-state index contributed by atoms with van der Waals surface area (Å²) in [5, 5.41) is 9.79. The highest BCUT2D eigenvalue weighted by Crippen LogP contribution is 2.49. The fraction of sp³-hybridized carbons (Fsp3) is 0.857. The summed E-state index contributed by atoms with van der Waals surface area (Å²) in [5.41, 5.74) is 1.62. The molecule has 1 nitrogen and oxygen atoms in total. The second kappa shape index (κ2) is 4.29. The maximum Gasteiger partial charge on any atom is 0.0563 e. The zero-order valence-electron chi connectivity index (χ0n) is 10.2. The second-order valence-corrected chi connectivity index (χ2v) is 5.69. The highest BCUT2D eigenvalue weighted by atomic mass is 16.3. The molecule has 5 atom stereocenters. The van der Waals surface area contributed by atoms with Gasteiger partial charge in [-0.2, -0.15) is 0 Å². The summed E-state index contributed by atoms with van der Waals surface area (Å²) in [4.78, 5) is 0. The van der Waals surface area contributed by atoms with Gasteiger partial charge in [-0.25, -0.2) is 0 Å². The third-order valence-electron chi connectivity index (χ3n) is 4.62. The summed E-state index contributed by atoms with van der Waals surface area (Å²) in [5.74, 6) is 3.05. The molecule has 2 rings (SSSR count). The Bertz CT molecular complexity index is 256. The van der Waals surface area contributed by atoms with Crippen molar-refractivity contribution in [2.45, 2.75) is 52.6 Å².